The molecule has 0 aromatic heterocycles. The molecule has 1 aliphatic rings. The summed E-state index contributed by atoms with van der Waals surface area (Å²) in [7, 11) is 4.22. The molecule has 0 spiro atoms. The molecule has 1 saturated heterocycles. The summed E-state index contributed by atoms with van der Waals surface area (Å²) in [6.45, 7) is 15.0. The average molecular weight is 383 g/mol. The molecule has 0 bridgehead atoms. The molecule has 1 aliphatic heterocycles. The van der Waals surface area contributed by atoms with Crippen LogP contribution < -0.4 is 5.32 Å². The Morgan fingerprint density at radius 2 is 1.85 bits per heavy atom. The van der Waals surface area contributed by atoms with Gasteiger partial charge >= 0.3 is 0 Å². The Balaban J connectivity index is 2.55. The SMILES string of the molecule is CCC(=O)CCNC(=O)C(C)(C)C1CCCN1CCN(CC)CCN(C)C. The number of ketones is 1. The molecular weight excluding hydrogens is 340 g/mol. The van der Waals surface area contributed by atoms with E-state index in [1.807, 2.05) is 6.92 Å². The van der Waals surface area contributed by atoms with Crippen molar-refractivity contribution in [3.63, 3.8) is 0 Å². The van der Waals surface area contributed by atoms with Crippen LogP contribution in [0.1, 0.15) is 53.4 Å². The minimum absolute atomic E-state index is 0.0725. The van der Waals surface area contributed by atoms with Crippen LogP contribution in [0.15, 0.2) is 0 Å². The van der Waals surface area contributed by atoms with E-state index in [9.17, 15) is 9.59 Å². The predicted molar refractivity (Wildman–Crippen MR) is 112 cm³/mol. The maximum Gasteiger partial charge on any atom is 0.227 e. The monoisotopic (exact) mass is 382 g/mol. The molecular formula is C21H42N4O2. The zero-order chi connectivity index (χ0) is 20.4. The summed E-state index contributed by atoms with van der Waals surface area (Å²) in [5, 5.41) is 2.99. The standard InChI is InChI=1S/C21H42N4O2/c1-7-18(26)11-12-22-20(27)21(3,4)19-10-9-13-25(19)17-16-24(8-2)15-14-23(5)6/h19H,7-17H2,1-6H3,(H,22,27). The zero-order valence-electron chi connectivity index (χ0n) is 18.5. The summed E-state index contributed by atoms with van der Waals surface area (Å²) in [4.78, 5) is 31.4. The van der Waals surface area contributed by atoms with E-state index in [2.05, 4.69) is 54.9 Å². The predicted octanol–water partition coefficient (Wildman–Crippen LogP) is 1.85. The van der Waals surface area contributed by atoms with E-state index in [-0.39, 0.29) is 17.7 Å². The fourth-order valence-electron chi connectivity index (χ4n) is 3.82. The molecule has 0 saturated carbocycles. The minimum atomic E-state index is -0.438. The van der Waals surface area contributed by atoms with E-state index >= 15 is 0 Å². The van der Waals surface area contributed by atoms with Crippen LogP contribution in [0.3, 0.4) is 0 Å². The lowest BCUT2D eigenvalue weighted by atomic mass is 9.81. The highest BCUT2D eigenvalue weighted by atomic mass is 16.2. The maximum atomic E-state index is 12.8. The first kappa shape index (κ1) is 24.1. The first-order chi connectivity index (χ1) is 12.7. The lowest BCUT2D eigenvalue weighted by molar-refractivity contribution is -0.132. The molecule has 1 fully saturated rings. The number of hydrogen-bond acceptors (Lipinski definition) is 5. The number of nitrogens with zero attached hydrogens (tertiary/aromatic N) is 3. The second-order valence-corrected chi connectivity index (χ2v) is 8.55. The molecule has 0 aromatic rings. The normalized spacial score (nSPS) is 18.4. The van der Waals surface area contributed by atoms with Crippen LogP contribution in [-0.2, 0) is 9.59 Å². The number of rotatable bonds is 13. The van der Waals surface area contributed by atoms with Crippen molar-refractivity contribution >= 4 is 11.7 Å². The molecule has 1 heterocycles. The number of likely N-dealkylation sites (N-methyl/N-ethyl adjacent to an activating group) is 2. The van der Waals surface area contributed by atoms with Gasteiger partial charge in [-0.05, 0) is 53.9 Å². The summed E-state index contributed by atoms with van der Waals surface area (Å²) >= 11 is 0. The van der Waals surface area contributed by atoms with Gasteiger partial charge in [0.25, 0.3) is 0 Å². The van der Waals surface area contributed by atoms with Gasteiger partial charge in [-0.3, -0.25) is 14.5 Å². The van der Waals surface area contributed by atoms with E-state index in [0.29, 0.717) is 19.4 Å². The van der Waals surface area contributed by atoms with Gasteiger partial charge in [0.2, 0.25) is 5.91 Å². The largest absolute Gasteiger partial charge is 0.355 e. The molecule has 0 aliphatic carbocycles. The summed E-state index contributed by atoms with van der Waals surface area (Å²) in [6, 6.07) is 0.270. The Morgan fingerprint density at radius 3 is 2.44 bits per heavy atom. The summed E-state index contributed by atoms with van der Waals surface area (Å²) in [5.74, 6) is 0.274. The molecule has 0 aromatic carbocycles. The lowest BCUT2D eigenvalue weighted by Crippen LogP contribution is -2.51. The highest BCUT2D eigenvalue weighted by molar-refractivity contribution is 5.84. The second kappa shape index (κ2) is 11.8. The third-order valence-corrected chi connectivity index (χ3v) is 5.88. The summed E-state index contributed by atoms with van der Waals surface area (Å²) in [6.07, 6.45) is 3.19. The van der Waals surface area contributed by atoms with Crippen molar-refractivity contribution in [3.8, 4) is 0 Å². The van der Waals surface area contributed by atoms with Crippen LogP contribution >= 0.6 is 0 Å². The third kappa shape index (κ3) is 7.88. The Hall–Kier alpha value is -0.980. The topological polar surface area (TPSA) is 55.9 Å². The van der Waals surface area contributed by atoms with Crippen molar-refractivity contribution < 1.29 is 9.59 Å². The van der Waals surface area contributed by atoms with Crippen LogP contribution in [0.5, 0.6) is 0 Å². The molecule has 6 heteroatoms. The fraction of sp³-hybridized carbons (Fsp3) is 0.905. The number of likely N-dealkylation sites (tertiary alicyclic amines) is 1. The van der Waals surface area contributed by atoms with Gasteiger partial charge in [0, 0.05) is 51.6 Å². The number of nitrogens with one attached hydrogen (secondary N) is 1. The Morgan fingerprint density at radius 1 is 1.15 bits per heavy atom. The van der Waals surface area contributed by atoms with Gasteiger partial charge in [-0.1, -0.05) is 13.8 Å². The number of carbonyl (C=O) groups excluding carboxylic acids is 2. The summed E-state index contributed by atoms with van der Waals surface area (Å²) < 4.78 is 0. The van der Waals surface area contributed by atoms with Gasteiger partial charge < -0.3 is 15.1 Å². The van der Waals surface area contributed by atoms with E-state index in [4.69, 9.17) is 0 Å². The van der Waals surface area contributed by atoms with Crippen LogP contribution in [0.4, 0.5) is 0 Å². The van der Waals surface area contributed by atoms with Gasteiger partial charge in [-0.25, -0.2) is 0 Å². The Kier molecular flexibility index (Phi) is 10.5. The first-order valence-electron chi connectivity index (χ1n) is 10.6. The van der Waals surface area contributed by atoms with Crippen molar-refractivity contribution in [1.82, 2.24) is 20.0 Å². The molecule has 1 N–H and O–H groups in total. The van der Waals surface area contributed by atoms with Crippen molar-refractivity contribution in [2.45, 2.75) is 59.4 Å². The highest BCUT2D eigenvalue weighted by Crippen LogP contribution is 2.33. The minimum Gasteiger partial charge on any atom is -0.355 e. The smallest absolute Gasteiger partial charge is 0.227 e. The molecule has 0 radical (unpaired) electrons. The number of amides is 1. The number of hydrogen-bond donors (Lipinski definition) is 1. The maximum absolute atomic E-state index is 12.8. The van der Waals surface area contributed by atoms with E-state index in [0.717, 1.165) is 52.1 Å². The lowest BCUT2D eigenvalue weighted by Gasteiger charge is -2.37. The third-order valence-electron chi connectivity index (χ3n) is 5.88. The first-order valence-corrected chi connectivity index (χ1v) is 10.6. The Bertz CT molecular complexity index is 465. The van der Waals surface area contributed by atoms with Crippen molar-refractivity contribution in [1.29, 1.82) is 0 Å². The highest BCUT2D eigenvalue weighted by Gasteiger charge is 2.42. The van der Waals surface area contributed by atoms with Gasteiger partial charge in [0.15, 0.2) is 0 Å². The second-order valence-electron chi connectivity index (χ2n) is 8.55. The van der Waals surface area contributed by atoms with E-state index in [1.165, 1.54) is 0 Å². The summed E-state index contributed by atoms with van der Waals surface area (Å²) in [5.41, 5.74) is -0.438. The van der Waals surface area contributed by atoms with Gasteiger partial charge in [-0.15, -0.1) is 0 Å². The number of carbonyl (C=O) groups is 2. The van der Waals surface area contributed by atoms with Crippen LogP contribution in [-0.4, -0.2) is 92.3 Å². The van der Waals surface area contributed by atoms with Crippen LogP contribution in [0.25, 0.3) is 0 Å². The van der Waals surface area contributed by atoms with E-state index < -0.39 is 5.41 Å². The molecule has 1 unspecified atom stereocenters. The average Bonchev–Trinajstić information content (AvgIpc) is 3.10. The Labute approximate surface area is 166 Å². The molecule has 1 rings (SSSR count). The van der Waals surface area contributed by atoms with E-state index in [1.54, 1.807) is 0 Å². The zero-order valence-corrected chi connectivity index (χ0v) is 18.5. The van der Waals surface area contributed by atoms with Crippen molar-refractivity contribution in [3.05, 3.63) is 0 Å². The molecule has 158 valence electrons. The van der Waals surface area contributed by atoms with Crippen molar-refractivity contribution in [2.24, 2.45) is 5.41 Å². The quantitative estimate of drug-likeness (QED) is 0.527. The molecule has 27 heavy (non-hydrogen) atoms. The van der Waals surface area contributed by atoms with Gasteiger partial charge in [-0.2, -0.15) is 0 Å². The van der Waals surface area contributed by atoms with Gasteiger partial charge in [0.1, 0.15) is 5.78 Å². The molecule has 1 atom stereocenters. The molecule has 6 nitrogen and oxygen atoms in total. The number of Topliss-reactive ketones (excluding diaryl/α,β-unsaturated/α-hetero) is 1. The van der Waals surface area contributed by atoms with Crippen molar-refractivity contribution in [2.75, 3.05) is 59.9 Å². The van der Waals surface area contributed by atoms with Gasteiger partial charge in [0.05, 0.1) is 5.41 Å². The molecule has 1 amide bonds. The van der Waals surface area contributed by atoms with Crippen LogP contribution in [0.2, 0.25) is 0 Å². The van der Waals surface area contributed by atoms with Crippen LogP contribution in [0, 0.1) is 5.41 Å². The fourth-order valence-corrected chi connectivity index (χ4v) is 3.82.